The SMILES string of the molecule is COc1ccc2c3c([nH]c2c1)C(CO[Si](C)(C)C(C)(C)C)(C(=O)C1CCC1)N(Cc1ccccc1F)CC31CCNCC1. The molecule has 1 aromatic heterocycles. The van der Waals surface area contributed by atoms with Gasteiger partial charge in [-0.05, 0) is 80.7 Å². The number of carbonyl (C=O) groups is 1. The number of H-pyrrole nitrogens is 1. The van der Waals surface area contributed by atoms with Crippen LogP contribution in [-0.2, 0) is 26.7 Å². The van der Waals surface area contributed by atoms with Gasteiger partial charge in [0, 0.05) is 47.0 Å². The van der Waals surface area contributed by atoms with Gasteiger partial charge in [0.25, 0.3) is 0 Å². The van der Waals surface area contributed by atoms with Crippen molar-refractivity contribution in [2.75, 3.05) is 33.4 Å². The molecule has 1 spiro atoms. The number of ketones is 1. The maximum absolute atomic E-state index is 15.4. The summed E-state index contributed by atoms with van der Waals surface area (Å²) in [7, 11) is -0.575. The Kier molecular flexibility index (Phi) is 7.89. The van der Waals surface area contributed by atoms with E-state index in [1.807, 2.05) is 18.2 Å². The predicted molar refractivity (Wildman–Crippen MR) is 173 cm³/mol. The van der Waals surface area contributed by atoms with Gasteiger partial charge in [-0.15, -0.1) is 0 Å². The number of ether oxygens (including phenoxy) is 1. The third kappa shape index (κ3) is 5.08. The Bertz CT molecular complexity index is 1500. The largest absolute Gasteiger partial charge is 0.497 e. The van der Waals surface area contributed by atoms with E-state index in [1.54, 1.807) is 13.2 Å². The monoisotopic (exact) mass is 605 g/mol. The number of hydrogen-bond donors (Lipinski definition) is 2. The van der Waals surface area contributed by atoms with Crippen molar-refractivity contribution in [3.63, 3.8) is 0 Å². The Hall–Kier alpha value is -2.52. The summed E-state index contributed by atoms with van der Waals surface area (Å²) in [6.45, 7) is 14.3. The van der Waals surface area contributed by atoms with Crippen LogP contribution < -0.4 is 10.1 Å². The van der Waals surface area contributed by atoms with Gasteiger partial charge >= 0.3 is 0 Å². The van der Waals surface area contributed by atoms with Crippen LogP contribution in [0.15, 0.2) is 42.5 Å². The Morgan fingerprint density at radius 1 is 1.12 bits per heavy atom. The Labute approximate surface area is 256 Å². The lowest BCUT2D eigenvalue weighted by Crippen LogP contribution is -2.66. The molecular weight excluding hydrogens is 557 g/mol. The van der Waals surface area contributed by atoms with E-state index in [-0.39, 0.29) is 34.6 Å². The van der Waals surface area contributed by atoms with Gasteiger partial charge in [0.2, 0.25) is 0 Å². The average Bonchev–Trinajstić information content (AvgIpc) is 3.33. The number of hydrogen-bond acceptors (Lipinski definition) is 5. The van der Waals surface area contributed by atoms with Gasteiger partial charge in [-0.25, -0.2) is 4.39 Å². The Balaban J connectivity index is 1.62. The van der Waals surface area contributed by atoms with Crippen molar-refractivity contribution in [1.29, 1.82) is 0 Å². The van der Waals surface area contributed by atoms with Gasteiger partial charge in [0.05, 0.1) is 19.4 Å². The molecule has 3 heterocycles. The van der Waals surface area contributed by atoms with Gasteiger partial charge < -0.3 is 19.5 Å². The number of Topliss-reactive ketones (excluding diaryl/α,β-unsaturated/α-hetero) is 1. The molecule has 2 N–H and O–H groups in total. The summed E-state index contributed by atoms with van der Waals surface area (Å²) in [5, 5.41) is 4.70. The molecule has 1 atom stereocenters. The van der Waals surface area contributed by atoms with Crippen LogP contribution in [0.2, 0.25) is 18.1 Å². The van der Waals surface area contributed by atoms with Gasteiger partial charge in [-0.3, -0.25) is 9.69 Å². The zero-order valence-electron chi connectivity index (χ0n) is 26.7. The van der Waals surface area contributed by atoms with Crippen LogP contribution >= 0.6 is 0 Å². The van der Waals surface area contributed by atoms with Crippen LogP contribution in [0.25, 0.3) is 10.9 Å². The molecule has 6 nitrogen and oxygen atoms in total. The van der Waals surface area contributed by atoms with Crippen molar-refractivity contribution in [3.05, 3.63) is 65.1 Å². The van der Waals surface area contributed by atoms with E-state index < -0.39 is 13.9 Å². The number of nitrogens with one attached hydrogen (secondary N) is 2. The highest BCUT2D eigenvalue weighted by Gasteiger charge is 2.59. The number of aromatic nitrogens is 1. The maximum atomic E-state index is 15.4. The molecule has 6 rings (SSSR count). The lowest BCUT2D eigenvalue weighted by atomic mass is 9.63. The molecule has 2 aliphatic heterocycles. The fraction of sp³-hybridized carbons (Fsp3) is 0.571. The van der Waals surface area contributed by atoms with E-state index in [1.165, 1.54) is 11.6 Å². The summed E-state index contributed by atoms with van der Waals surface area (Å²) in [5.74, 6) is 0.742. The number of nitrogens with zero attached hydrogens (tertiary/aromatic N) is 1. The van der Waals surface area contributed by atoms with Crippen molar-refractivity contribution >= 4 is 25.0 Å². The topological polar surface area (TPSA) is 66.6 Å². The van der Waals surface area contributed by atoms with Crippen molar-refractivity contribution in [2.45, 2.75) is 88.5 Å². The second-order valence-electron chi connectivity index (χ2n) is 14.7. The van der Waals surface area contributed by atoms with Crippen LogP contribution in [0.1, 0.15) is 69.7 Å². The highest BCUT2D eigenvalue weighted by Crippen LogP contribution is 2.54. The third-order valence-corrected chi connectivity index (χ3v) is 15.7. The van der Waals surface area contributed by atoms with Gasteiger partial charge in [-0.1, -0.05) is 45.4 Å². The fourth-order valence-corrected chi connectivity index (χ4v) is 8.26. The van der Waals surface area contributed by atoms with Gasteiger partial charge in [0.15, 0.2) is 14.1 Å². The standard InChI is InChI=1S/C35H48FN3O3Si/c1-33(2,3)43(5,6)42-23-35(32(40)24-11-9-12-24)31-30(27-15-14-26(41-4)20-29(27)38-31)34(16-18-37-19-17-34)22-39(35)21-25-10-7-8-13-28(25)36/h7-8,10,13-15,20,24,37-38H,9,11-12,16-19,21-23H2,1-6H3. The number of benzene rings is 2. The van der Waals surface area contributed by atoms with Gasteiger partial charge in [-0.2, -0.15) is 0 Å². The molecule has 0 bridgehead atoms. The first kappa shape index (κ1) is 30.5. The minimum Gasteiger partial charge on any atom is -0.497 e. The third-order valence-electron chi connectivity index (χ3n) is 11.2. The molecule has 43 heavy (non-hydrogen) atoms. The average molecular weight is 606 g/mol. The fourth-order valence-electron chi connectivity index (χ4n) is 7.26. The molecule has 1 aliphatic carbocycles. The molecule has 8 heteroatoms. The summed E-state index contributed by atoms with van der Waals surface area (Å²) in [4.78, 5) is 21.3. The quantitative estimate of drug-likeness (QED) is 0.270. The highest BCUT2D eigenvalue weighted by molar-refractivity contribution is 6.74. The van der Waals surface area contributed by atoms with E-state index in [2.05, 4.69) is 61.2 Å². The first-order chi connectivity index (χ1) is 20.4. The number of methoxy groups -OCH3 is 1. The lowest BCUT2D eigenvalue weighted by molar-refractivity contribution is -0.145. The first-order valence-corrected chi connectivity index (χ1v) is 18.9. The number of rotatable bonds is 8. The number of carbonyl (C=O) groups excluding carboxylic acids is 1. The number of piperidine rings is 1. The van der Waals surface area contributed by atoms with E-state index >= 15 is 9.18 Å². The highest BCUT2D eigenvalue weighted by atomic mass is 28.4. The Morgan fingerprint density at radius 2 is 1.84 bits per heavy atom. The van der Waals surface area contributed by atoms with Crippen LogP contribution in [0.4, 0.5) is 4.39 Å². The van der Waals surface area contributed by atoms with Crippen molar-refractivity contribution < 1.29 is 18.3 Å². The van der Waals surface area contributed by atoms with E-state index in [0.717, 1.165) is 67.5 Å². The molecule has 1 saturated carbocycles. The van der Waals surface area contributed by atoms with Crippen molar-refractivity contribution in [2.24, 2.45) is 5.92 Å². The Morgan fingerprint density at radius 3 is 2.47 bits per heavy atom. The zero-order valence-corrected chi connectivity index (χ0v) is 27.7. The maximum Gasteiger partial charge on any atom is 0.192 e. The summed E-state index contributed by atoms with van der Waals surface area (Å²) < 4.78 is 28.1. The molecule has 232 valence electrons. The molecule has 0 amide bonds. The molecule has 0 radical (unpaired) electrons. The van der Waals surface area contributed by atoms with E-state index in [4.69, 9.17) is 9.16 Å². The summed E-state index contributed by atoms with van der Waals surface area (Å²) in [6, 6.07) is 13.3. The number of aromatic amines is 1. The number of halogens is 1. The van der Waals surface area contributed by atoms with Crippen LogP contribution in [0, 0.1) is 11.7 Å². The minimum atomic E-state index is -2.26. The summed E-state index contributed by atoms with van der Waals surface area (Å²) in [6.07, 6.45) is 4.75. The van der Waals surface area contributed by atoms with Crippen LogP contribution in [0.3, 0.4) is 0 Å². The molecule has 1 saturated heterocycles. The summed E-state index contributed by atoms with van der Waals surface area (Å²) >= 11 is 0. The smallest absolute Gasteiger partial charge is 0.192 e. The minimum absolute atomic E-state index is 0.0222. The first-order valence-electron chi connectivity index (χ1n) is 16.0. The molecule has 3 aliphatic rings. The summed E-state index contributed by atoms with van der Waals surface area (Å²) in [5.41, 5.74) is 2.57. The molecule has 3 aromatic rings. The molecular formula is C35H48FN3O3Si. The second-order valence-corrected chi connectivity index (χ2v) is 19.5. The van der Waals surface area contributed by atoms with Crippen LogP contribution in [-0.4, -0.2) is 57.3 Å². The number of fused-ring (bicyclic) bond motifs is 4. The van der Waals surface area contributed by atoms with E-state index in [0.29, 0.717) is 18.7 Å². The van der Waals surface area contributed by atoms with Crippen molar-refractivity contribution in [3.8, 4) is 5.75 Å². The van der Waals surface area contributed by atoms with Crippen LogP contribution in [0.5, 0.6) is 5.75 Å². The molecule has 2 aromatic carbocycles. The van der Waals surface area contributed by atoms with Crippen molar-refractivity contribution in [1.82, 2.24) is 15.2 Å². The molecule has 1 unspecified atom stereocenters. The van der Waals surface area contributed by atoms with E-state index in [9.17, 15) is 0 Å². The predicted octanol–water partition coefficient (Wildman–Crippen LogP) is 7.04. The lowest BCUT2D eigenvalue weighted by Gasteiger charge is -2.56. The molecule has 2 fully saturated rings. The van der Waals surface area contributed by atoms with Gasteiger partial charge in [0.1, 0.15) is 17.1 Å². The normalized spacial score (nSPS) is 22.9. The second kappa shape index (κ2) is 11.1. The zero-order chi connectivity index (χ0) is 30.6.